The molecule has 1 saturated heterocycles. The van der Waals surface area contributed by atoms with Gasteiger partial charge in [-0.15, -0.1) is 0 Å². The number of rotatable bonds is 33. The zero-order chi connectivity index (χ0) is 39.2. The maximum absolute atomic E-state index is 12.7. The fourth-order valence-electron chi connectivity index (χ4n) is 6.03. The Balaban J connectivity index is 2.50. The number of unbranched alkanes of at least 4 members (excludes halogenated alkanes) is 17. The van der Waals surface area contributed by atoms with Gasteiger partial charge in [0.15, 0.2) is 12.4 Å². The van der Waals surface area contributed by atoms with Crippen molar-refractivity contribution in [1.29, 1.82) is 0 Å². The molecule has 1 heterocycles. The summed E-state index contributed by atoms with van der Waals surface area (Å²) in [4.78, 5) is 25.2. The Morgan fingerprint density at radius 1 is 0.623 bits per heavy atom. The van der Waals surface area contributed by atoms with Gasteiger partial charge in [-0.2, -0.15) is 8.42 Å². The molecule has 0 aromatic carbocycles. The van der Waals surface area contributed by atoms with E-state index in [0.29, 0.717) is 12.8 Å². The van der Waals surface area contributed by atoms with E-state index in [2.05, 4.69) is 38.2 Å². The molecule has 0 aromatic rings. The van der Waals surface area contributed by atoms with Gasteiger partial charge in [0, 0.05) is 12.8 Å². The summed E-state index contributed by atoms with van der Waals surface area (Å²) in [6.07, 6.45) is 22.4. The predicted molar refractivity (Wildman–Crippen MR) is 206 cm³/mol. The van der Waals surface area contributed by atoms with E-state index < -0.39 is 71.2 Å². The van der Waals surface area contributed by atoms with Gasteiger partial charge in [0.25, 0.3) is 10.1 Å². The standard InChI is InChI=1S/C40H72O12S/c1-3-5-7-9-11-13-15-16-17-18-19-21-23-25-27-29-36(42)51-33(30-49-35(41)28-26-24-22-20-14-12-10-8-6-4-2)31-50-40-39(45)38(44)37(43)34(52-40)32-53(46,47)48/h8,10,16-17,33-34,37-40,43-45H,3-7,9,11-15,18-32H2,1-2H3,(H,46,47,48)/b10-8-,17-16-. The zero-order valence-corrected chi connectivity index (χ0v) is 33.4. The van der Waals surface area contributed by atoms with E-state index in [0.717, 1.165) is 83.5 Å². The number of esters is 2. The Bertz CT molecular complexity index is 1100. The number of allylic oxidation sites excluding steroid dienone is 4. The number of ether oxygens (including phenoxy) is 4. The van der Waals surface area contributed by atoms with E-state index in [1.165, 1.54) is 38.5 Å². The molecule has 13 heteroatoms. The second-order valence-corrected chi connectivity index (χ2v) is 15.8. The maximum Gasteiger partial charge on any atom is 0.306 e. The van der Waals surface area contributed by atoms with Crippen molar-refractivity contribution in [2.24, 2.45) is 0 Å². The highest BCUT2D eigenvalue weighted by Gasteiger charge is 2.46. The van der Waals surface area contributed by atoms with Crippen LogP contribution >= 0.6 is 0 Å². The maximum atomic E-state index is 12.7. The molecule has 12 nitrogen and oxygen atoms in total. The fraction of sp³-hybridized carbons (Fsp3) is 0.850. The van der Waals surface area contributed by atoms with Crippen LogP contribution in [0.4, 0.5) is 0 Å². The van der Waals surface area contributed by atoms with Gasteiger partial charge in [-0.3, -0.25) is 14.1 Å². The number of aliphatic hydroxyl groups excluding tert-OH is 3. The van der Waals surface area contributed by atoms with E-state index in [9.17, 15) is 37.9 Å². The first-order valence-corrected chi connectivity index (χ1v) is 22.0. The predicted octanol–water partition coefficient (Wildman–Crippen LogP) is 7.28. The SMILES string of the molecule is CCC/C=C\CCCCCCCC(=O)OCC(COC1OC(CS(=O)(=O)O)C(O)C(O)C1O)OC(=O)CCCCCCC/C=C\CCCCCCCC. The molecule has 6 unspecified atom stereocenters. The van der Waals surface area contributed by atoms with Crippen molar-refractivity contribution in [2.45, 2.75) is 198 Å². The van der Waals surface area contributed by atoms with E-state index in [1.54, 1.807) is 0 Å². The largest absolute Gasteiger partial charge is 0.462 e. The van der Waals surface area contributed by atoms with Crippen molar-refractivity contribution in [2.75, 3.05) is 19.0 Å². The molecule has 0 aliphatic carbocycles. The number of aliphatic hydroxyl groups is 3. The third-order valence-electron chi connectivity index (χ3n) is 9.23. The van der Waals surface area contributed by atoms with Gasteiger partial charge in [-0.25, -0.2) is 0 Å². The Hall–Kier alpha value is -1.87. The second kappa shape index (κ2) is 31.3. The first-order chi connectivity index (χ1) is 25.5. The smallest absolute Gasteiger partial charge is 0.306 e. The zero-order valence-electron chi connectivity index (χ0n) is 32.6. The van der Waals surface area contributed by atoms with Crippen LogP contribution in [0.15, 0.2) is 24.3 Å². The summed E-state index contributed by atoms with van der Waals surface area (Å²) in [6, 6.07) is 0. The molecule has 0 spiro atoms. The molecule has 1 fully saturated rings. The van der Waals surface area contributed by atoms with E-state index >= 15 is 0 Å². The van der Waals surface area contributed by atoms with Gasteiger partial charge < -0.3 is 34.3 Å². The van der Waals surface area contributed by atoms with Crippen molar-refractivity contribution in [3.63, 3.8) is 0 Å². The molecular formula is C40H72O12S. The van der Waals surface area contributed by atoms with Crippen LogP contribution in [0.2, 0.25) is 0 Å². The van der Waals surface area contributed by atoms with Crippen molar-refractivity contribution in [3.05, 3.63) is 24.3 Å². The molecule has 1 rings (SSSR count). The number of hydrogen-bond donors (Lipinski definition) is 4. The van der Waals surface area contributed by atoms with Crippen LogP contribution in [-0.2, 0) is 38.7 Å². The minimum Gasteiger partial charge on any atom is -0.462 e. The van der Waals surface area contributed by atoms with Gasteiger partial charge >= 0.3 is 11.9 Å². The van der Waals surface area contributed by atoms with Gasteiger partial charge in [0.1, 0.15) is 36.8 Å². The Labute approximate surface area is 319 Å². The van der Waals surface area contributed by atoms with Gasteiger partial charge in [-0.05, 0) is 57.8 Å². The lowest BCUT2D eigenvalue weighted by Gasteiger charge is -2.40. The lowest BCUT2D eigenvalue weighted by Crippen LogP contribution is -2.60. The van der Waals surface area contributed by atoms with Gasteiger partial charge in [-0.1, -0.05) is 115 Å². The normalized spacial score (nSPS) is 21.4. The lowest BCUT2D eigenvalue weighted by molar-refractivity contribution is -0.297. The minimum atomic E-state index is -4.60. The summed E-state index contributed by atoms with van der Waals surface area (Å²) in [5.74, 6) is -2.01. The molecule has 4 N–H and O–H groups in total. The molecule has 1 aliphatic rings. The molecule has 0 aromatic heterocycles. The third kappa shape index (κ3) is 26.6. The molecule has 0 amide bonds. The molecule has 1 aliphatic heterocycles. The van der Waals surface area contributed by atoms with E-state index in [-0.39, 0.29) is 19.4 Å². The summed E-state index contributed by atoms with van der Waals surface area (Å²) in [5.41, 5.74) is 0. The van der Waals surface area contributed by atoms with Crippen molar-refractivity contribution >= 4 is 22.1 Å². The molecule has 53 heavy (non-hydrogen) atoms. The average Bonchev–Trinajstić information content (AvgIpc) is 3.12. The van der Waals surface area contributed by atoms with Gasteiger partial charge in [0.05, 0.1) is 6.61 Å². The van der Waals surface area contributed by atoms with Crippen LogP contribution in [0.25, 0.3) is 0 Å². The first-order valence-electron chi connectivity index (χ1n) is 20.4. The van der Waals surface area contributed by atoms with Crippen LogP contribution in [-0.4, -0.2) is 96.0 Å². The second-order valence-electron chi connectivity index (χ2n) is 14.3. The minimum absolute atomic E-state index is 0.154. The number of carbonyl (C=O) groups is 2. The van der Waals surface area contributed by atoms with Crippen LogP contribution in [0.3, 0.4) is 0 Å². The highest BCUT2D eigenvalue weighted by atomic mass is 32.2. The molecular weight excluding hydrogens is 704 g/mol. The van der Waals surface area contributed by atoms with Crippen LogP contribution in [0, 0.1) is 0 Å². The van der Waals surface area contributed by atoms with E-state index in [4.69, 9.17) is 18.9 Å². The average molecular weight is 777 g/mol. The molecule has 0 radical (unpaired) electrons. The third-order valence-corrected chi connectivity index (χ3v) is 9.98. The Morgan fingerprint density at radius 3 is 1.64 bits per heavy atom. The number of carbonyl (C=O) groups excluding carboxylic acids is 2. The summed E-state index contributed by atoms with van der Waals surface area (Å²) in [6.45, 7) is 3.65. The van der Waals surface area contributed by atoms with Crippen LogP contribution < -0.4 is 0 Å². The number of hydrogen-bond acceptors (Lipinski definition) is 11. The van der Waals surface area contributed by atoms with Crippen molar-refractivity contribution in [3.8, 4) is 0 Å². The monoisotopic (exact) mass is 776 g/mol. The molecule has 0 bridgehead atoms. The topological polar surface area (TPSA) is 186 Å². The summed E-state index contributed by atoms with van der Waals surface area (Å²) < 4.78 is 53.8. The lowest BCUT2D eigenvalue weighted by atomic mass is 10.00. The highest BCUT2D eigenvalue weighted by molar-refractivity contribution is 7.85. The highest BCUT2D eigenvalue weighted by Crippen LogP contribution is 2.24. The summed E-state index contributed by atoms with van der Waals surface area (Å²) in [5, 5.41) is 30.8. The van der Waals surface area contributed by atoms with Crippen molar-refractivity contribution in [1.82, 2.24) is 0 Å². The molecule has 6 atom stereocenters. The van der Waals surface area contributed by atoms with Crippen molar-refractivity contribution < 1.29 is 56.8 Å². The van der Waals surface area contributed by atoms with Crippen LogP contribution in [0.5, 0.6) is 0 Å². The quantitative estimate of drug-likeness (QED) is 0.0226. The molecule has 0 saturated carbocycles. The summed E-state index contributed by atoms with van der Waals surface area (Å²) in [7, 11) is -4.60. The first kappa shape index (κ1) is 49.1. The van der Waals surface area contributed by atoms with Gasteiger partial charge in [0.2, 0.25) is 0 Å². The summed E-state index contributed by atoms with van der Waals surface area (Å²) >= 11 is 0. The Morgan fingerprint density at radius 2 is 1.11 bits per heavy atom. The molecule has 310 valence electrons. The Kier molecular flexibility index (Phi) is 29.1. The van der Waals surface area contributed by atoms with Crippen LogP contribution in [0.1, 0.15) is 162 Å². The fourth-order valence-corrected chi connectivity index (χ4v) is 6.72. The van der Waals surface area contributed by atoms with E-state index in [1.807, 2.05) is 0 Å².